The molecule has 278 valence electrons. The molecule has 5 heteroatoms. The molecule has 0 radical (unpaired) electrons. The van der Waals surface area contributed by atoms with Crippen LogP contribution in [0, 0.1) is 0 Å². The Morgan fingerprint density at radius 3 is 1.79 bits per heavy atom. The molecule has 1 aliphatic heterocycles. The van der Waals surface area contributed by atoms with Crippen molar-refractivity contribution in [3.63, 3.8) is 0 Å². The maximum atomic E-state index is 5.45. The van der Waals surface area contributed by atoms with Crippen LogP contribution >= 0.6 is 11.8 Å². The first-order valence-corrected chi connectivity index (χ1v) is 20.9. The molecule has 2 aromatic heterocycles. The first-order valence-electron chi connectivity index (χ1n) is 20.0. The minimum atomic E-state index is -0.368. The Morgan fingerprint density at radius 2 is 1.17 bits per heavy atom. The lowest BCUT2D eigenvalue weighted by molar-refractivity contribution is 0.550. The van der Waals surface area contributed by atoms with Crippen LogP contribution in [0.15, 0.2) is 193 Å². The molecule has 0 saturated heterocycles. The van der Waals surface area contributed by atoms with Crippen LogP contribution in [0.4, 0.5) is 0 Å². The second kappa shape index (κ2) is 13.5. The van der Waals surface area contributed by atoms with Crippen molar-refractivity contribution in [2.45, 2.75) is 41.2 Å². The number of allylic oxidation sites excluding steroid dienone is 7. The third kappa shape index (κ3) is 5.64. The zero-order valence-electron chi connectivity index (χ0n) is 32.4. The Kier molecular flexibility index (Phi) is 8.09. The van der Waals surface area contributed by atoms with Crippen molar-refractivity contribution in [3.05, 3.63) is 205 Å². The highest BCUT2D eigenvalue weighted by molar-refractivity contribution is 8.00. The summed E-state index contributed by atoms with van der Waals surface area (Å²) in [7, 11) is 0. The first kappa shape index (κ1) is 34.7. The third-order valence-electron chi connectivity index (χ3n) is 12.2. The summed E-state index contributed by atoms with van der Waals surface area (Å²) in [6.07, 6.45) is 14.4. The van der Waals surface area contributed by atoms with Gasteiger partial charge in [0.05, 0.1) is 16.3 Å². The fourth-order valence-corrected chi connectivity index (χ4v) is 10.7. The Bertz CT molecular complexity index is 2940. The predicted octanol–water partition coefficient (Wildman–Crippen LogP) is 13.1. The molecular weight excluding hydrogens is 725 g/mol. The smallest absolute Gasteiger partial charge is 0.163 e. The zero-order chi connectivity index (χ0) is 38.8. The molecule has 11 rings (SSSR count). The third-order valence-corrected chi connectivity index (χ3v) is 13.8. The molecule has 3 aliphatic rings. The number of rotatable bonds is 6. The monoisotopic (exact) mass is 764 g/mol. The van der Waals surface area contributed by atoms with Gasteiger partial charge in [0.1, 0.15) is 5.82 Å². The van der Waals surface area contributed by atoms with Crippen molar-refractivity contribution in [1.29, 1.82) is 0 Å². The van der Waals surface area contributed by atoms with E-state index in [4.69, 9.17) is 15.0 Å². The molecule has 0 amide bonds. The van der Waals surface area contributed by atoms with Crippen LogP contribution < -0.4 is 0 Å². The Balaban J connectivity index is 1.20. The lowest BCUT2D eigenvalue weighted by Gasteiger charge is -2.35. The molecule has 0 N–H and O–H groups in total. The van der Waals surface area contributed by atoms with Crippen LogP contribution in [0.3, 0.4) is 0 Å². The molecule has 58 heavy (non-hydrogen) atoms. The van der Waals surface area contributed by atoms with E-state index in [2.05, 4.69) is 200 Å². The van der Waals surface area contributed by atoms with E-state index in [1.54, 1.807) is 0 Å². The van der Waals surface area contributed by atoms with Gasteiger partial charge < -0.3 is 4.57 Å². The van der Waals surface area contributed by atoms with E-state index >= 15 is 0 Å². The number of thioether (sulfide) groups is 1. The van der Waals surface area contributed by atoms with Gasteiger partial charge in [0.2, 0.25) is 0 Å². The van der Waals surface area contributed by atoms with Crippen molar-refractivity contribution >= 4 is 44.8 Å². The van der Waals surface area contributed by atoms with Gasteiger partial charge in [-0.05, 0) is 71.5 Å². The van der Waals surface area contributed by atoms with Crippen molar-refractivity contribution in [2.24, 2.45) is 0 Å². The van der Waals surface area contributed by atoms with Gasteiger partial charge in [-0.3, -0.25) is 0 Å². The number of aromatic nitrogens is 4. The maximum Gasteiger partial charge on any atom is 0.163 e. The Morgan fingerprint density at radius 1 is 0.586 bits per heavy atom. The lowest BCUT2D eigenvalue weighted by atomic mass is 9.73. The molecule has 0 bridgehead atoms. The van der Waals surface area contributed by atoms with Crippen molar-refractivity contribution in [1.82, 2.24) is 19.5 Å². The second-order valence-corrected chi connectivity index (χ2v) is 17.2. The number of hydrogen-bond acceptors (Lipinski definition) is 4. The lowest BCUT2D eigenvalue weighted by Crippen LogP contribution is -2.34. The van der Waals surface area contributed by atoms with Crippen molar-refractivity contribution < 1.29 is 0 Å². The van der Waals surface area contributed by atoms with Crippen LogP contribution in [0.1, 0.15) is 37.5 Å². The van der Waals surface area contributed by atoms with Crippen LogP contribution in [0.5, 0.6) is 0 Å². The van der Waals surface area contributed by atoms with Crippen LogP contribution in [0.2, 0.25) is 0 Å². The van der Waals surface area contributed by atoms with Crippen molar-refractivity contribution in [2.75, 3.05) is 0 Å². The minimum absolute atomic E-state index is 0.0509. The molecule has 6 aromatic carbocycles. The highest BCUT2D eigenvalue weighted by Gasteiger charge is 2.48. The normalized spacial score (nSPS) is 20.8. The SMILES string of the molecule is CC1(c2nc(C3=CC(n4c5cc(-c6ccccc6)ccc5c5ccc(-c6ccccc6)cc54)=CC4(C)c5ccccc5SC34)nc(-c3ccccc3)n2)C=CC=CC1. The highest BCUT2D eigenvalue weighted by atomic mass is 32.2. The predicted molar refractivity (Wildman–Crippen MR) is 242 cm³/mol. The molecule has 3 atom stereocenters. The topological polar surface area (TPSA) is 43.6 Å². The van der Waals surface area contributed by atoms with Gasteiger partial charge in [-0.2, -0.15) is 0 Å². The summed E-state index contributed by atoms with van der Waals surface area (Å²) in [5, 5.41) is 2.49. The molecule has 3 unspecified atom stereocenters. The summed E-state index contributed by atoms with van der Waals surface area (Å²) in [5.74, 6) is 2.21. The summed E-state index contributed by atoms with van der Waals surface area (Å²) in [4.78, 5) is 17.3. The van der Waals surface area contributed by atoms with Gasteiger partial charge in [0.25, 0.3) is 0 Å². The summed E-state index contributed by atoms with van der Waals surface area (Å²) < 4.78 is 2.49. The van der Waals surface area contributed by atoms with E-state index in [0.29, 0.717) is 5.82 Å². The molecule has 2 aliphatic carbocycles. The number of fused-ring (bicyclic) bond motifs is 6. The van der Waals surface area contributed by atoms with Gasteiger partial charge in [0.15, 0.2) is 11.6 Å². The second-order valence-electron chi connectivity index (χ2n) is 16.1. The highest BCUT2D eigenvalue weighted by Crippen LogP contribution is 2.57. The van der Waals surface area contributed by atoms with E-state index in [-0.39, 0.29) is 16.1 Å². The molecular formula is C53H40N4S. The van der Waals surface area contributed by atoms with Gasteiger partial charge in [-0.15, -0.1) is 11.8 Å². The molecule has 3 heterocycles. The van der Waals surface area contributed by atoms with Gasteiger partial charge >= 0.3 is 0 Å². The summed E-state index contributed by atoms with van der Waals surface area (Å²) >= 11 is 1.92. The van der Waals surface area contributed by atoms with E-state index in [9.17, 15) is 0 Å². The molecule has 8 aromatic rings. The molecule has 0 fully saturated rings. The fraction of sp³-hybridized carbons (Fsp3) is 0.113. The number of benzene rings is 6. The standard InChI is InChI=1S/C53H40N4S/c1-52(29-15-6-16-30-52)51-55-49(37-21-11-5-12-22-37)54-50(56-51)43-33-40(34-53(2)44-23-13-14-24-47(44)58-48(43)53)57-45-31-38(35-17-7-3-8-18-35)25-27-41(45)42-28-26-39(32-46(42)57)36-19-9-4-10-20-36/h3-29,31-34,48H,30H2,1-2H3. The average Bonchev–Trinajstić information content (AvgIpc) is 3.78. The summed E-state index contributed by atoms with van der Waals surface area (Å²) in [6.45, 7) is 4.64. The maximum absolute atomic E-state index is 5.45. The van der Waals surface area contributed by atoms with Gasteiger partial charge in [0, 0.05) is 43.3 Å². The van der Waals surface area contributed by atoms with Crippen LogP contribution in [0.25, 0.3) is 66.7 Å². The van der Waals surface area contributed by atoms with Crippen LogP contribution in [-0.2, 0) is 10.8 Å². The Hall–Kier alpha value is -6.56. The largest absolute Gasteiger partial charge is 0.309 e. The average molecular weight is 765 g/mol. The van der Waals surface area contributed by atoms with E-state index in [0.717, 1.165) is 45.9 Å². The fourth-order valence-electron chi connectivity index (χ4n) is 9.13. The van der Waals surface area contributed by atoms with Crippen molar-refractivity contribution in [3.8, 4) is 33.6 Å². The Labute approximate surface area is 343 Å². The van der Waals surface area contributed by atoms with E-state index in [1.165, 1.54) is 43.5 Å². The molecule has 4 nitrogen and oxygen atoms in total. The van der Waals surface area contributed by atoms with E-state index < -0.39 is 0 Å². The summed E-state index contributed by atoms with van der Waals surface area (Å²) in [5.41, 5.74) is 10.9. The minimum Gasteiger partial charge on any atom is -0.309 e. The van der Waals surface area contributed by atoms with Gasteiger partial charge in [-0.1, -0.05) is 165 Å². The number of hydrogen-bond donors (Lipinski definition) is 0. The molecule has 0 spiro atoms. The van der Waals surface area contributed by atoms with Gasteiger partial charge in [-0.25, -0.2) is 15.0 Å². The number of nitrogens with zero attached hydrogens (tertiary/aromatic N) is 4. The summed E-state index contributed by atoms with van der Waals surface area (Å²) in [6, 6.07) is 54.5. The molecule has 0 saturated carbocycles. The zero-order valence-corrected chi connectivity index (χ0v) is 33.2. The van der Waals surface area contributed by atoms with E-state index in [1.807, 2.05) is 17.8 Å². The van der Waals surface area contributed by atoms with Crippen LogP contribution in [-0.4, -0.2) is 24.8 Å². The quantitative estimate of drug-likeness (QED) is 0.169. The first-order chi connectivity index (χ1) is 28.4.